The number of aromatic nitrogens is 5. The van der Waals surface area contributed by atoms with Gasteiger partial charge in [0.1, 0.15) is 6.04 Å². The number of fused-ring (bicyclic) bond motifs is 1. The molecule has 2 aliphatic rings. The van der Waals surface area contributed by atoms with Gasteiger partial charge >= 0.3 is 0 Å². The third-order valence-corrected chi connectivity index (χ3v) is 8.23. The van der Waals surface area contributed by atoms with Gasteiger partial charge in [-0.05, 0) is 103 Å². The van der Waals surface area contributed by atoms with Gasteiger partial charge in [-0.25, -0.2) is 4.68 Å². The van der Waals surface area contributed by atoms with Crippen LogP contribution in [0, 0.1) is 5.92 Å². The minimum absolute atomic E-state index is 0.0789. The predicted octanol–water partition coefficient (Wildman–Crippen LogP) is 4.30. The number of tetrazole rings is 1. The van der Waals surface area contributed by atoms with Gasteiger partial charge in [0, 0.05) is 17.7 Å². The van der Waals surface area contributed by atoms with Gasteiger partial charge in [0.2, 0.25) is 0 Å². The third kappa shape index (κ3) is 5.28. The molecule has 38 heavy (non-hydrogen) atoms. The summed E-state index contributed by atoms with van der Waals surface area (Å²) >= 11 is 0. The molecule has 2 aromatic carbocycles. The molecule has 2 fully saturated rings. The largest absolute Gasteiger partial charge is 0.376 e. The van der Waals surface area contributed by atoms with E-state index in [9.17, 15) is 4.79 Å². The monoisotopic (exact) mass is 512 g/mol. The van der Waals surface area contributed by atoms with Crippen LogP contribution < -0.4 is 5.56 Å². The van der Waals surface area contributed by atoms with E-state index in [1.54, 1.807) is 0 Å². The number of nitrogens with zero attached hydrogens (tertiary/aromatic N) is 5. The average molecular weight is 513 g/mol. The van der Waals surface area contributed by atoms with E-state index >= 15 is 0 Å². The van der Waals surface area contributed by atoms with Crippen LogP contribution in [0.25, 0.3) is 10.9 Å². The second-order valence-electron chi connectivity index (χ2n) is 10.8. The molecule has 0 spiro atoms. The lowest BCUT2D eigenvalue weighted by molar-refractivity contribution is 0.0892. The van der Waals surface area contributed by atoms with Gasteiger partial charge in [0.25, 0.3) is 5.56 Å². The standard InChI is InChI=1S/C30H36N6O2/c1-2-21-10-11-27-24(18-21)19-26(30(37)31-27)28(29-32-33-34-36(29)20-25-9-6-16-38-25)35-14-12-23(13-15-35)17-22-7-4-3-5-8-22/h3-5,7-8,10-11,18-19,23,25,28H,2,6,9,12-17,20H2,1H3,(H,31,37)/t25-,28+/m0/s1. The number of rotatable bonds is 8. The molecule has 2 atom stereocenters. The molecular formula is C30H36N6O2. The Bertz CT molecular complexity index is 1420. The zero-order valence-electron chi connectivity index (χ0n) is 22.1. The van der Waals surface area contributed by atoms with E-state index in [1.165, 1.54) is 11.1 Å². The van der Waals surface area contributed by atoms with Gasteiger partial charge in [0.15, 0.2) is 5.82 Å². The lowest BCUT2D eigenvalue weighted by Gasteiger charge is -2.37. The molecule has 0 radical (unpaired) electrons. The van der Waals surface area contributed by atoms with E-state index in [4.69, 9.17) is 4.74 Å². The Morgan fingerprint density at radius 3 is 2.66 bits per heavy atom. The zero-order chi connectivity index (χ0) is 25.9. The zero-order valence-corrected chi connectivity index (χ0v) is 22.1. The van der Waals surface area contributed by atoms with E-state index < -0.39 is 0 Å². The maximum atomic E-state index is 13.5. The summed E-state index contributed by atoms with van der Waals surface area (Å²) in [5.74, 6) is 1.35. The van der Waals surface area contributed by atoms with Crippen molar-refractivity contribution in [1.29, 1.82) is 0 Å². The second-order valence-corrected chi connectivity index (χ2v) is 10.8. The number of H-pyrrole nitrogens is 1. The van der Waals surface area contributed by atoms with E-state index in [1.807, 2.05) is 10.7 Å². The van der Waals surface area contributed by atoms with Gasteiger partial charge in [-0.2, -0.15) is 0 Å². The summed E-state index contributed by atoms with van der Waals surface area (Å²) in [6.07, 6.45) is 6.36. The van der Waals surface area contributed by atoms with Gasteiger partial charge in [-0.1, -0.05) is 43.3 Å². The Hall–Kier alpha value is -3.36. The summed E-state index contributed by atoms with van der Waals surface area (Å²) in [4.78, 5) is 19.1. The number of aryl methyl sites for hydroxylation is 1. The first kappa shape index (κ1) is 24.9. The molecule has 0 aliphatic carbocycles. The molecule has 8 heteroatoms. The molecule has 0 unspecified atom stereocenters. The quantitative estimate of drug-likeness (QED) is 0.379. The maximum Gasteiger partial charge on any atom is 0.253 e. The molecule has 0 bridgehead atoms. The van der Waals surface area contributed by atoms with E-state index in [0.717, 1.165) is 74.9 Å². The fourth-order valence-electron chi connectivity index (χ4n) is 6.08. The molecule has 2 aromatic heterocycles. The van der Waals surface area contributed by atoms with Crippen molar-refractivity contribution >= 4 is 10.9 Å². The summed E-state index contributed by atoms with van der Waals surface area (Å²) in [6.45, 7) is 5.32. The highest BCUT2D eigenvalue weighted by Gasteiger charge is 2.34. The molecule has 198 valence electrons. The normalized spacial score (nSPS) is 19.8. The molecule has 2 saturated heterocycles. The molecule has 0 amide bonds. The minimum atomic E-state index is -0.317. The minimum Gasteiger partial charge on any atom is -0.376 e. The van der Waals surface area contributed by atoms with Crippen molar-refractivity contribution in [2.45, 2.75) is 64.1 Å². The van der Waals surface area contributed by atoms with Crippen LogP contribution in [0.2, 0.25) is 0 Å². The number of piperidine rings is 1. The molecule has 0 saturated carbocycles. The molecule has 1 N–H and O–H groups in total. The van der Waals surface area contributed by atoms with Crippen LogP contribution >= 0.6 is 0 Å². The van der Waals surface area contributed by atoms with Crippen molar-refractivity contribution in [2.24, 2.45) is 5.92 Å². The molecule has 4 aromatic rings. The maximum absolute atomic E-state index is 13.5. The van der Waals surface area contributed by atoms with Crippen LogP contribution in [0.15, 0.2) is 59.4 Å². The van der Waals surface area contributed by atoms with Crippen molar-refractivity contribution in [2.75, 3.05) is 19.7 Å². The smallest absolute Gasteiger partial charge is 0.253 e. The van der Waals surface area contributed by atoms with Gasteiger partial charge in [-0.3, -0.25) is 9.69 Å². The van der Waals surface area contributed by atoms with Crippen molar-refractivity contribution in [1.82, 2.24) is 30.1 Å². The number of aromatic amines is 1. The van der Waals surface area contributed by atoms with Crippen LogP contribution in [0.3, 0.4) is 0 Å². The summed E-state index contributed by atoms with van der Waals surface area (Å²) in [5, 5.41) is 14.0. The summed E-state index contributed by atoms with van der Waals surface area (Å²) in [5.41, 5.74) is 4.12. The van der Waals surface area contributed by atoms with Gasteiger partial charge in [-0.15, -0.1) is 5.10 Å². The van der Waals surface area contributed by atoms with Crippen LogP contribution in [-0.2, 0) is 24.1 Å². The van der Waals surface area contributed by atoms with Crippen molar-refractivity contribution in [3.63, 3.8) is 0 Å². The van der Waals surface area contributed by atoms with Crippen LogP contribution in [0.5, 0.6) is 0 Å². The number of ether oxygens (including phenoxy) is 1. The van der Waals surface area contributed by atoms with E-state index in [-0.39, 0.29) is 17.7 Å². The molecule has 6 rings (SSSR count). The number of nitrogens with one attached hydrogen (secondary N) is 1. The fraction of sp³-hybridized carbons (Fsp3) is 0.467. The highest BCUT2D eigenvalue weighted by atomic mass is 16.5. The first-order valence-corrected chi connectivity index (χ1v) is 14.0. The second kappa shape index (κ2) is 11.2. The van der Waals surface area contributed by atoms with Crippen LogP contribution in [0.1, 0.15) is 61.2 Å². The Morgan fingerprint density at radius 1 is 1.05 bits per heavy atom. The summed E-state index contributed by atoms with van der Waals surface area (Å²) in [6, 6.07) is 18.7. The van der Waals surface area contributed by atoms with E-state index in [2.05, 4.69) is 80.9 Å². The fourth-order valence-corrected chi connectivity index (χ4v) is 6.08. The Balaban J connectivity index is 1.33. The first-order chi connectivity index (χ1) is 18.7. The summed E-state index contributed by atoms with van der Waals surface area (Å²) in [7, 11) is 0. The Kier molecular flexibility index (Phi) is 7.33. The highest BCUT2D eigenvalue weighted by Crippen LogP contribution is 2.32. The molecule has 4 heterocycles. The SMILES string of the molecule is CCc1ccc2[nH]c(=O)c([C@H](c3nnnn3C[C@@H]3CCCO3)N3CCC(Cc4ccccc4)CC3)cc2c1. The van der Waals surface area contributed by atoms with Crippen LogP contribution in [-0.4, -0.2) is 55.9 Å². The molecule has 2 aliphatic heterocycles. The molecule has 8 nitrogen and oxygen atoms in total. The first-order valence-electron chi connectivity index (χ1n) is 14.0. The van der Waals surface area contributed by atoms with Crippen molar-refractivity contribution in [3.05, 3.63) is 87.5 Å². The Labute approximate surface area is 223 Å². The van der Waals surface area contributed by atoms with Crippen molar-refractivity contribution in [3.8, 4) is 0 Å². The number of hydrogen-bond donors (Lipinski definition) is 1. The predicted molar refractivity (Wildman–Crippen MR) is 147 cm³/mol. The number of likely N-dealkylation sites (tertiary alicyclic amines) is 1. The van der Waals surface area contributed by atoms with E-state index in [0.29, 0.717) is 18.0 Å². The number of hydrogen-bond acceptors (Lipinski definition) is 6. The van der Waals surface area contributed by atoms with Gasteiger partial charge < -0.3 is 9.72 Å². The third-order valence-electron chi connectivity index (χ3n) is 8.23. The number of benzene rings is 2. The average Bonchev–Trinajstić information content (AvgIpc) is 3.63. The highest BCUT2D eigenvalue weighted by molar-refractivity contribution is 5.80. The van der Waals surface area contributed by atoms with Crippen LogP contribution in [0.4, 0.5) is 0 Å². The lowest BCUT2D eigenvalue weighted by Crippen LogP contribution is -2.41. The summed E-state index contributed by atoms with van der Waals surface area (Å²) < 4.78 is 7.76. The topological polar surface area (TPSA) is 88.9 Å². The van der Waals surface area contributed by atoms with Crippen molar-refractivity contribution < 1.29 is 4.74 Å². The molecular weight excluding hydrogens is 476 g/mol. The number of pyridine rings is 1. The van der Waals surface area contributed by atoms with Gasteiger partial charge in [0.05, 0.1) is 12.6 Å². The lowest BCUT2D eigenvalue weighted by atomic mass is 9.89. The Morgan fingerprint density at radius 2 is 1.89 bits per heavy atom.